The molecule has 0 amide bonds. The minimum atomic E-state index is -0.645. The van der Waals surface area contributed by atoms with Gasteiger partial charge < -0.3 is 10.4 Å². The molecule has 0 spiro atoms. The first kappa shape index (κ1) is 11.1. The second-order valence-corrected chi connectivity index (χ2v) is 3.93. The highest BCUT2D eigenvalue weighted by molar-refractivity contribution is 5.21. The molecule has 3 heteroatoms. The number of aliphatic hydroxyl groups excluding tert-OH is 1. The largest absolute Gasteiger partial charge is 0.387 e. The number of aliphatic hydroxyl groups is 1. The van der Waals surface area contributed by atoms with Crippen LogP contribution in [0.15, 0.2) is 24.3 Å². The molecule has 0 aliphatic heterocycles. The van der Waals surface area contributed by atoms with Gasteiger partial charge in [-0.15, -0.1) is 0 Å². The van der Waals surface area contributed by atoms with Crippen LogP contribution in [0.2, 0.25) is 0 Å². The molecule has 1 atom stereocenters. The molecule has 14 heavy (non-hydrogen) atoms. The van der Waals surface area contributed by atoms with E-state index in [-0.39, 0.29) is 5.82 Å². The Labute approximate surface area is 83.8 Å². The fourth-order valence-corrected chi connectivity index (χ4v) is 1.20. The summed E-state index contributed by atoms with van der Waals surface area (Å²) in [5.74, 6) is -0.289. The van der Waals surface area contributed by atoms with Crippen molar-refractivity contribution in [1.29, 1.82) is 0 Å². The first-order valence-corrected chi connectivity index (χ1v) is 4.60. The third-order valence-electron chi connectivity index (χ3n) is 2.51. The molecule has 0 aliphatic rings. The van der Waals surface area contributed by atoms with Crippen molar-refractivity contribution in [2.24, 2.45) is 0 Å². The Balaban J connectivity index is 2.89. The molecule has 2 N–H and O–H groups in total. The van der Waals surface area contributed by atoms with Crippen LogP contribution in [0.1, 0.15) is 25.5 Å². The van der Waals surface area contributed by atoms with Crippen molar-refractivity contribution in [3.05, 3.63) is 35.6 Å². The minimum Gasteiger partial charge on any atom is -0.387 e. The number of nitrogens with one attached hydrogen (secondary N) is 1. The molecule has 0 heterocycles. The lowest BCUT2D eigenvalue weighted by molar-refractivity contribution is 0.0854. The highest BCUT2D eigenvalue weighted by Gasteiger charge is 2.26. The van der Waals surface area contributed by atoms with Crippen molar-refractivity contribution in [1.82, 2.24) is 5.32 Å². The lowest BCUT2D eigenvalue weighted by atomic mass is 9.91. The summed E-state index contributed by atoms with van der Waals surface area (Å²) in [6, 6.07) is 5.90. The number of halogens is 1. The minimum absolute atomic E-state index is 0.289. The van der Waals surface area contributed by atoms with Gasteiger partial charge >= 0.3 is 0 Å². The molecular formula is C11H16FNO. The van der Waals surface area contributed by atoms with Crippen molar-refractivity contribution < 1.29 is 9.50 Å². The molecule has 1 aromatic carbocycles. The molecule has 1 aromatic rings. The van der Waals surface area contributed by atoms with Gasteiger partial charge in [0.1, 0.15) is 5.82 Å². The normalized spacial score (nSPS) is 14.1. The Morgan fingerprint density at radius 2 is 1.79 bits per heavy atom. The molecule has 1 unspecified atom stereocenters. The van der Waals surface area contributed by atoms with Gasteiger partial charge in [-0.3, -0.25) is 0 Å². The Hall–Kier alpha value is -0.930. The van der Waals surface area contributed by atoms with Crippen LogP contribution in [0.5, 0.6) is 0 Å². The van der Waals surface area contributed by atoms with Crippen LogP contribution in [0.25, 0.3) is 0 Å². The van der Waals surface area contributed by atoms with Gasteiger partial charge in [0.25, 0.3) is 0 Å². The van der Waals surface area contributed by atoms with Gasteiger partial charge in [-0.25, -0.2) is 4.39 Å². The zero-order valence-corrected chi connectivity index (χ0v) is 8.71. The smallest absolute Gasteiger partial charge is 0.123 e. The fraction of sp³-hybridized carbons (Fsp3) is 0.455. The summed E-state index contributed by atoms with van der Waals surface area (Å²) < 4.78 is 12.6. The molecule has 1 rings (SSSR count). The summed E-state index contributed by atoms with van der Waals surface area (Å²) >= 11 is 0. The van der Waals surface area contributed by atoms with Gasteiger partial charge in [-0.1, -0.05) is 12.1 Å². The van der Waals surface area contributed by atoms with E-state index in [1.807, 2.05) is 13.8 Å². The van der Waals surface area contributed by atoms with E-state index in [2.05, 4.69) is 5.32 Å². The highest BCUT2D eigenvalue weighted by Crippen LogP contribution is 2.24. The zero-order chi connectivity index (χ0) is 10.8. The average molecular weight is 197 g/mol. The maximum Gasteiger partial charge on any atom is 0.123 e. The van der Waals surface area contributed by atoms with Crippen molar-refractivity contribution in [3.8, 4) is 0 Å². The maximum atomic E-state index is 12.6. The number of benzene rings is 1. The fourth-order valence-electron chi connectivity index (χ4n) is 1.20. The van der Waals surface area contributed by atoms with E-state index >= 15 is 0 Å². The Kier molecular flexibility index (Phi) is 3.24. The van der Waals surface area contributed by atoms with E-state index in [0.717, 1.165) is 0 Å². The number of likely N-dealkylation sites (N-methyl/N-ethyl adjacent to an activating group) is 1. The predicted molar refractivity (Wildman–Crippen MR) is 54.5 cm³/mol. The second kappa shape index (κ2) is 4.07. The summed E-state index contributed by atoms with van der Waals surface area (Å²) in [5.41, 5.74) is 0.295. The lowest BCUT2D eigenvalue weighted by Gasteiger charge is -2.30. The van der Waals surface area contributed by atoms with Crippen molar-refractivity contribution in [3.63, 3.8) is 0 Å². The summed E-state index contributed by atoms with van der Waals surface area (Å²) in [6.45, 7) is 3.78. The second-order valence-electron chi connectivity index (χ2n) is 3.93. The predicted octanol–water partition coefficient (Wildman–Crippen LogP) is 1.86. The molecule has 0 fully saturated rings. The Morgan fingerprint density at radius 1 is 1.29 bits per heavy atom. The topological polar surface area (TPSA) is 32.3 Å². The first-order valence-electron chi connectivity index (χ1n) is 4.60. The molecule has 0 saturated heterocycles. The van der Waals surface area contributed by atoms with Gasteiger partial charge in [-0.05, 0) is 38.6 Å². The molecule has 0 radical (unpaired) electrons. The van der Waals surface area contributed by atoms with Gasteiger partial charge in [0.2, 0.25) is 0 Å². The molecule has 78 valence electrons. The van der Waals surface area contributed by atoms with E-state index in [1.54, 1.807) is 19.2 Å². The van der Waals surface area contributed by atoms with E-state index in [1.165, 1.54) is 12.1 Å². The number of hydrogen-bond donors (Lipinski definition) is 2. The van der Waals surface area contributed by atoms with Crippen LogP contribution in [-0.4, -0.2) is 17.7 Å². The molecule has 2 nitrogen and oxygen atoms in total. The third kappa shape index (κ3) is 2.30. The Morgan fingerprint density at radius 3 is 2.21 bits per heavy atom. The van der Waals surface area contributed by atoms with Gasteiger partial charge in [-0.2, -0.15) is 0 Å². The average Bonchev–Trinajstić information content (AvgIpc) is 2.18. The molecule has 0 saturated carbocycles. The van der Waals surface area contributed by atoms with Crippen LogP contribution in [0.4, 0.5) is 4.39 Å². The number of hydrogen-bond acceptors (Lipinski definition) is 2. The van der Waals surface area contributed by atoms with Gasteiger partial charge in [0.15, 0.2) is 0 Å². The summed E-state index contributed by atoms with van der Waals surface area (Å²) in [4.78, 5) is 0. The van der Waals surface area contributed by atoms with E-state index in [4.69, 9.17) is 0 Å². The Bertz CT molecular complexity index is 295. The van der Waals surface area contributed by atoms with E-state index in [9.17, 15) is 9.50 Å². The molecule has 0 bridgehead atoms. The summed E-state index contributed by atoms with van der Waals surface area (Å²) in [7, 11) is 1.78. The molecule has 0 aliphatic carbocycles. The van der Waals surface area contributed by atoms with Crippen LogP contribution in [0.3, 0.4) is 0 Å². The SMILES string of the molecule is CNC(C)(C)C(O)c1ccc(F)cc1. The van der Waals surface area contributed by atoms with Crippen LogP contribution in [0, 0.1) is 5.82 Å². The zero-order valence-electron chi connectivity index (χ0n) is 8.71. The number of rotatable bonds is 3. The van der Waals surface area contributed by atoms with E-state index < -0.39 is 11.6 Å². The van der Waals surface area contributed by atoms with Crippen molar-refractivity contribution in [2.45, 2.75) is 25.5 Å². The van der Waals surface area contributed by atoms with Crippen LogP contribution < -0.4 is 5.32 Å². The van der Waals surface area contributed by atoms with Crippen molar-refractivity contribution >= 4 is 0 Å². The third-order valence-corrected chi connectivity index (χ3v) is 2.51. The molecular weight excluding hydrogens is 181 g/mol. The monoisotopic (exact) mass is 197 g/mol. The standard InChI is InChI=1S/C11H16FNO/c1-11(2,13-3)10(14)8-4-6-9(12)7-5-8/h4-7,10,13-14H,1-3H3. The van der Waals surface area contributed by atoms with Crippen LogP contribution >= 0.6 is 0 Å². The van der Waals surface area contributed by atoms with Gasteiger partial charge in [0, 0.05) is 5.54 Å². The quantitative estimate of drug-likeness (QED) is 0.775. The highest BCUT2D eigenvalue weighted by atomic mass is 19.1. The van der Waals surface area contributed by atoms with Gasteiger partial charge in [0.05, 0.1) is 6.10 Å². The van der Waals surface area contributed by atoms with Crippen LogP contribution in [-0.2, 0) is 0 Å². The first-order chi connectivity index (χ1) is 6.47. The lowest BCUT2D eigenvalue weighted by Crippen LogP contribution is -2.42. The summed E-state index contributed by atoms with van der Waals surface area (Å²) in [5, 5.41) is 13.0. The maximum absolute atomic E-state index is 12.6. The van der Waals surface area contributed by atoms with Crippen molar-refractivity contribution in [2.75, 3.05) is 7.05 Å². The summed E-state index contributed by atoms with van der Waals surface area (Å²) in [6.07, 6.45) is -0.645. The molecule has 0 aromatic heterocycles. The van der Waals surface area contributed by atoms with E-state index in [0.29, 0.717) is 5.56 Å².